The lowest BCUT2D eigenvalue weighted by Gasteiger charge is -2.10. The number of hydrogen-bond donors (Lipinski definition) is 0. The van der Waals surface area contributed by atoms with Crippen molar-refractivity contribution in [1.82, 2.24) is 4.90 Å². The van der Waals surface area contributed by atoms with Gasteiger partial charge in [0.25, 0.3) is 5.69 Å². The van der Waals surface area contributed by atoms with E-state index in [4.69, 9.17) is 61.6 Å². The largest absolute Gasteiger partial charge is 0.491 e. The fourth-order valence-corrected chi connectivity index (χ4v) is 3.65. The first kappa shape index (κ1) is 46.9. The van der Waals surface area contributed by atoms with Crippen molar-refractivity contribution in [2.24, 2.45) is 0 Å². The Morgan fingerprint density at radius 3 is 0.882 bits per heavy atom. The smallest absolute Gasteiger partial charge is 0.269 e. The van der Waals surface area contributed by atoms with E-state index in [0.717, 1.165) is 6.54 Å². The minimum absolute atomic E-state index is 0.0248. The first-order valence-corrected chi connectivity index (χ1v) is 17.5. The van der Waals surface area contributed by atoms with Crippen molar-refractivity contribution in [2.75, 3.05) is 186 Å². The van der Waals surface area contributed by atoms with Crippen LogP contribution in [0.1, 0.15) is 0 Å². The Balaban J connectivity index is 1.64. The van der Waals surface area contributed by atoms with Gasteiger partial charge in [-0.05, 0) is 26.2 Å². The molecule has 0 amide bonds. The third kappa shape index (κ3) is 34.7. The van der Waals surface area contributed by atoms with E-state index in [1.54, 1.807) is 12.1 Å². The minimum atomic E-state index is -0.452. The molecule has 1 aromatic rings. The van der Waals surface area contributed by atoms with Gasteiger partial charge in [-0.2, -0.15) is 0 Å². The van der Waals surface area contributed by atoms with Crippen LogP contribution in [0.3, 0.4) is 0 Å². The molecule has 0 aliphatic rings. The molecule has 0 aliphatic heterocycles. The molecule has 0 radical (unpaired) electrons. The Labute approximate surface area is 303 Å². The summed E-state index contributed by atoms with van der Waals surface area (Å²) in [5.74, 6) is 0.555. The molecule has 0 heterocycles. The lowest BCUT2D eigenvalue weighted by molar-refractivity contribution is -0.384. The highest BCUT2D eigenvalue weighted by molar-refractivity contribution is 5.35. The maximum absolute atomic E-state index is 10.6. The fourth-order valence-electron chi connectivity index (χ4n) is 3.65. The van der Waals surface area contributed by atoms with Crippen molar-refractivity contribution in [3.63, 3.8) is 0 Å². The maximum atomic E-state index is 10.6. The third-order valence-corrected chi connectivity index (χ3v) is 6.32. The van der Waals surface area contributed by atoms with Crippen molar-refractivity contribution in [1.29, 1.82) is 0 Å². The van der Waals surface area contributed by atoms with Crippen molar-refractivity contribution >= 4 is 5.69 Å². The highest BCUT2D eigenvalue weighted by Gasteiger charge is 2.04. The molecule has 0 saturated carbocycles. The van der Waals surface area contributed by atoms with E-state index in [9.17, 15) is 10.1 Å². The van der Waals surface area contributed by atoms with Gasteiger partial charge >= 0.3 is 0 Å². The number of rotatable bonds is 41. The molecule has 298 valence electrons. The number of non-ortho nitro benzene ring substituents is 1. The van der Waals surface area contributed by atoms with Crippen molar-refractivity contribution in [3.8, 4) is 5.75 Å². The van der Waals surface area contributed by atoms with Crippen LogP contribution in [-0.4, -0.2) is 196 Å². The SMILES string of the molecule is CN(C)CCOCCOCCOCCOCCOCCOCCOCCOCCOCCOCCOCCOCCOc1ccc([N+](=O)[O-])cc1. The van der Waals surface area contributed by atoms with E-state index in [1.165, 1.54) is 12.1 Å². The topological polar surface area (TPSA) is 166 Å². The summed E-state index contributed by atoms with van der Waals surface area (Å²) in [5.41, 5.74) is 0.0248. The van der Waals surface area contributed by atoms with Crippen molar-refractivity contribution < 1.29 is 66.5 Å². The molecule has 0 unspecified atom stereocenters. The van der Waals surface area contributed by atoms with Crippen LogP contribution >= 0.6 is 0 Å². The first-order chi connectivity index (χ1) is 25.1. The molecule has 0 bridgehead atoms. The Kier molecular flexibility index (Phi) is 34.6. The van der Waals surface area contributed by atoms with Crippen LogP contribution in [0.4, 0.5) is 5.69 Å². The van der Waals surface area contributed by atoms with E-state index < -0.39 is 4.92 Å². The van der Waals surface area contributed by atoms with E-state index in [1.807, 2.05) is 14.1 Å². The van der Waals surface area contributed by atoms with Gasteiger partial charge in [-0.1, -0.05) is 0 Å². The second kappa shape index (κ2) is 37.7. The van der Waals surface area contributed by atoms with E-state index >= 15 is 0 Å². The molecule has 0 aromatic heterocycles. The Morgan fingerprint density at radius 2 is 0.647 bits per heavy atom. The maximum Gasteiger partial charge on any atom is 0.269 e. The fraction of sp³-hybridized carbons (Fsp3) is 0.824. The molecule has 0 fully saturated rings. The lowest BCUT2D eigenvalue weighted by Crippen LogP contribution is -2.19. The molecule has 0 aliphatic carbocycles. The van der Waals surface area contributed by atoms with Crippen LogP contribution in [0.15, 0.2) is 24.3 Å². The molecule has 0 atom stereocenters. The van der Waals surface area contributed by atoms with Gasteiger partial charge in [-0.25, -0.2) is 0 Å². The minimum Gasteiger partial charge on any atom is -0.491 e. The lowest BCUT2D eigenvalue weighted by atomic mass is 10.3. The standard InChI is InChI=1S/C34H62N2O15/c1-35(2)7-8-39-9-10-40-11-12-41-13-14-42-15-16-43-17-18-44-19-20-45-21-22-46-23-24-47-25-26-48-27-28-49-29-30-50-31-32-51-34-5-3-33(4-6-34)36(37)38/h3-6H,7-32H2,1-2H3. The second-order valence-corrected chi connectivity index (χ2v) is 10.8. The summed E-state index contributed by atoms with van der Waals surface area (Å²) in [6.45, 7) is 13.4. The van der Waals surface area contributed by atoms with Crippen molar-refractivity contribution in [3.05, 3.63) is 34.4 Å². The predicted octanol–water partition coefficient (Wildman–Crippen LogP) is 1.73. The van der Waals surface area contributed by atoms with Crippen LogP contribution in [0.2, 0.25) is 0 Å². The molecule has 51 heavy (non-hydrogen) atoms. The summed E-state index contributed by atoms with van der Waals surface area (Å²) >= 11 is 0. The molecule has 1 aromatic carbocycles. The number of nitro groups is 1. The van der Waals surface area contributed by atoms with Gasteiger partial charge in [-0.3, -0.25) is 10.1 Å². The molecule has 0 N–H and O–H groups in total. The summed E-state index contributed by atoms with van der Waals surface area (Å²) in [4.78, 5) is 12.3. The molecule has 1 rings (SSSR count). The number of ether oxygens (including phenoxy) is 13. The average molecular weight is 739 g/mol. The van der Waals surface area contributed by atoms with Crippen LogP contribution in [-0.2, 0) is 56.8 Å². The zero-order chi connectivity index (χ0) is 36.7. The Morgan fingerprint density at radius 1 is 0.412 bits per heavy atom. The average Bonchev–Trinajstić information content (AvgIpc) is 3.12. The molecular weight excluding hydrogens is 676 g/mol. The Bertz CT molecular complexity index is 871. The molecule has 0 spiro atoms. The van der Waals surface area contributed by atoms with E-state index in [2.05, 4.69) is 4.90 Å². The monoisotopic (exact) mass is 738 g/mol. The number of nitrogens with zero attached hydrogens (tertiary/aromatic N) is 2. The molecule has 17 nitrogen and oxygen atoms in total. The summed E-state index contributed by atoms with van der Waals surface area (Å²) < 4.78 is 71.0. The summed E-state index contributed by atoms with van der Waals surface area (Å²) in [6.07, 6.45) is 0. The number of nitro benzene ring substituents is 1. The van der Waals surface area contributed by atoms with E-state index in [-0.39, 0.29) is 5.69 Å². The van der Waals surface area contributed by atoms with Crippen LogP contribution in [0, 0.1) is 10.1 Å². The summed E-state index contributed by atoms with van der Waals surface area (Å²) in [7, 11) is 4.03. The van der Waals surface area contributed by atoms with Gasteiger partial charge in [0.1, 0.15) is 12.4 Å². The predicted molar refractivity (Wildman–Crippen MR) is 187 cm³/mol. The van der Waals surface area contributed by atoms with Gasteiger partial charge in [0.2, 0.25) is 0 Å². The summed E-state index contributed by atoms with van der Waals surface area (Å²) in [5, 5.41) is 10.6. The zero-order valence-electron chi connectivity index (χ0n) is 30.7. The zero-order valence-corrected chi connectivity index (χ0v) is 30.7. The Hall–Kier alpha value is -2.10. The van der Waals surface area contributed by atoms with Gasteiger partial charge in [0, 0.05) is 18.7 Å². The van der Waals surface area contributed by atoms with Gasteiger partial charge in [0.15, 0.2) is 0 Å². The molecular formula is C34H62N2O15. The molecule has 17 heteroatoms. The number of benzene rings is 1. The van der Waals surface area contributed by atoms with Crippen LogP contribution in [0.25, 0.3) is 0 Å². The van der Waals surface area contributed by atoms with Gasteiger partial charge < -0.3 is 66.5 Å². The quantitative estimate of drug-likeness (QED) is 0.0541. The first-order valence-electron chi connectivity index (χ1n) is 17.5. The summed E-state index contributed by atoms with van der Waals surface area (Å²) in [6, 6.07) is 5.91. The van der Waals surface area contributed by atoms with Crippen molar-refractivity contribution in [2.45, 2.75) is 0 Å². The highest BCUT2D eigenvalue weighted by Crippen LogP contribution is 2.17. The number of likely N-dealkylation sites (N-methyl/N-ethyl adjacent to an activating group) is 1. The van der Waals surface area contributed by atoms with Crippen LogP contribution in [0.5, 0.6) is 5.75 Å². The van der Waals surface area contributed by atoms with E-state index in [0.29, 0.717) is 171 Å². The van der Waals surface area contributed by atoms with Gasteiger partial charge in [-0.15, -0.1) is 0 Å². The third-order valence-electron chi connectivity index (χ3n) is 6.32. The molecule has 0 saturated heterocycles. The number of hydrogen-bond acceptors (Lipinski definition) is 16. The second-order valence-electron chi connectivity index (χ2n) is 10.8. The normalized spacial score (nSPS) is 11.5. The highest BCUT2D eigenvalue weighted by atomic mass is 16.6. The van der Waals surface area contributed by atoms with Crippen LogP contribution < -0.4 is 4.74 Å². The van der Waals surface area contributed by atoms with Gasteiger partial charge in [0.05, 0.1) is 163 Å².